The molecule has 25 heavy (non-hydrogen) atoms. The lowest BCUT2D eigenvalue weighted by atomic mass is 10.1. The third-order valence-corrected chi connectivity index (χ3v) is 2.97. The highest BCUT2D eigenvalue weighted by Crippen LogP contribution is 2.41. The molecule has 0 aliphatic rings. The second-order valence-electron chi connectivity index (χ2n) is 4.92. The van der Waals surface area contributed by atoms with E-state index in [-0.39, 0.29) is 11.5 Å². The molecule has 0 fully saturated rings. The van der Waals surface area contributed by atoms with Crippen molar-refractivity contribution in [3.63, 3.8) is 0 Å². The molecule has 0 unspecified atom stereocenters. The van der Waals surface area contributed by atoms with Crippen LogP contribution in [-0.4, -0.2) is 40.1 Å². The average molecular weight is 349 g/mol. The third kappa shape index (κ3) is 3.74. The van der Waals surface area contributed by atoms with Gasteiger partial charge < -0.3 is 9.43 Å². The van der Waals surface area contributed by atoms with Crippen LogP contribution in [0.15, 0.2) is 33.8 Å². The molecule has 0 atom stereocenters. The summed E-state index contributed by atoms with van der Waals surface area (Å²) in [6.07, 6.45) is 1.31. The van der Waals surface area contributed by atoms with Crippen molar-refractivity contribution in [2.45, 2.75) is 0 Å². The van der Waals surface area contributed by atoms with Gasteiger partial charge in [0.2, 0.25) is 0 Å². The quantitative estimate of drug-likeness (QED) is 0.437. The maximum absolute atomic E-state index is 11.3. The molecule has 1 aromatic carbocycles. The van der Waals surface area contributed by atoms with E-state index >= 15 is 0 Å². The highest BCUT2D eigenvalue weighted by Gasteiger charge is 2.33. The van der Waals surface area contributed by atoms with E-state index in [4.69, 9.17) is 4.42 Å². The van der Waals surface area contributed by atoms with E-state index in [1.165, 1.54) is 23.4 Å². The maximum Gasteiger partial charge on any atom is 0.294 e. The summed E-state index contributed by atoms with van der Waals surface area (Å²) in [6, 6.07) is 4.01. The van der Waals surface area contributed by atoms with Crippen molar-refractivity contribution in [1.82, 2.24) is 5.01 Å². The van der Waals surface area contributed by atoms with Crippen molar-refractivity contribution in [2.75, 3.05) is 14.1 Å². The number of hydrogen-bond donors (Lipinski definition) is 0. The van der Waals surface area contributed by atoms with Crippen LogP contribution in [0.25, 0.3) is 11.3 Å². The summed E-state index contributed by atoms with van der Waals surface area (Å²) < 4.78 is 5.35. The van der Waals surface area contributed by atoms with Gasteiger partial charge in [0.05, 0.1) is 33.1 Å². The molecule has 0 aliphatic heterocycles. The van der Waals surface area contributed by atoms with Crippen molar-refractivity contribution in [2.24, 2.45) is 5.10 Å². The largest absolute Gasteiger partial charge is 0.455 e. The van der Waals surface area contributed by atoms with E-state index in [0.717, 1.165) is 0 Å². The molecule has 130 valence electrons. The number of nitro benzene ring substituents is 3. The molecule has 0 saturated carbocycles. The Kier molecular flexibility index (Phi) is 4.72. The average Bonchev–Trinajstić information content (AvgIpc) is 2.99. The Morgan fingerprint density at radius 1 is 1.00 bits per heavy atom. The van der Waals surface area contributed by atoms with Gasteiger partial charge in [-0.15, -0.1) is 0 Å². The zero-order chi connectivity index (χ0) is 18.7. The predicted octanol–water partition coefficient (Wildman–Crippen LogP) is 2.57. The lowest BCUT2D eigenvalue weighted by Crippen LogP contribution is -2.01. The fourth-order valence-electron chi connectivity index (χ4n) is 1.97. The van der Waals surface area contributed by atoms with E-state index in [0.29, 0.717) is 12.1 Å². The lowest BCUT2D eigenvalue weighted by Gasteiger charge is -2.02. The first-order chi connectivity index (χ1) is 11.7. The van der Waals surface area contributed by atoms with Gasteiger partial charge in [-0.05, 0) is 12.1 Å². The number of rotatable bonds is 6. The number of benzene rings is 1. The van der Waals surface area contributed by atoms with Gasteiger partial charge in [0.25, 0.3) is 17.1 Å². The Morgan fingerprint density at radius 3 is 2.00 bits per heavy atom. The van der Waals surface area contributed by atoms with Crippen LogP contribution < -0.4 is 0 Å². The summed E-state index contributed by atoms with van der Waals surface area (Å²) in [5, 5.41) is 38.8. The van der Waals surface area contributed by atoms with Crippen molar-refractivity contribution < 1.29 is 19.2 Å². The minimum Gasteiger partial charge on any atom is -0.455 e. The first-order valence-electron chi connectivity index (χ1n) is 6.63. The van der Waals surface area contributed by atoms with Crippen molar-refractivity contribution in [3.8, 4) is 11.3 Å². The van der Waals surface area contributed by atoms with E-state index in [2.05, 4.69) is 5.10 Å². The lowest BCUT2D eigenvalue weighted by molar-refractivity contribution is -0.402. The normalized spacial score (nSPS) is 10.8. The summed E-state index contributed by atoms with van der Waals surface area (Å²) in [6.45, 7) is 0. The molecule has 12 nitrogen and oxygen atoms in total. The Bertz CT molecular complexity index is 852. The van der Waals surface area contributed by atoms with Gasteiger partial charge in [-0.2, -0.15) is 5.10 Å². The van der Waals surface area contributed by atoms with E-state index < -0.39 is 37.4 Å². The molecule has 0 bridgehead atoms. The van der Waals surface area contributed by atoms with E-state index in [9.17, 15) is 30.3 Å². The standard InChI is InChI=1S/C13H11N5O7/c1-15(2)14-7-9-3-4-12(25-9)13-10(17(21)22)5-8(16(19)20)6-11(13)18(23)24/h3-7H,1-2H3. The Balaban J connectivity index is 2.69. The van der Waals surface area contributed by atoms with Crippen LogP contribution in [0.1, 0.15) is 5.76 Å². The van der Waals surface area contributed by atoms with Gasteiger partial charge in [-0.1, -0.05) is 0 Å². The summed E-state index contributed by atoms with van der Waals surface area (Å²) in [4.78, 5) is 30.5. The second-order valence-corrected chi connectivity index (χ2v) is 4.92. The SMILES string of the molecule is CN(C)N=Cc1ccc(-c2c([N+](=O)[O-])cc([N+](=O)[O-])cc2[N+](=O)[O-])o1. The summed E-state index contributed by atoms with van der Waals surface area (Å²) in [5.74, 6) is 0.0270. The topological polar surface area (TPSA) is 158 Å². The molecular weight excluding hydrogens is 338 g/mol. The van der Waals surface area contributed by atoms with Crippen LogP contribution in [0.2, 0.25) is 0 Å². The van der Waals surface area contributed by atoms with E-state index in [1.807, 2.05) is 0 Å². The molecule has 0 aliphatic carbocycles. The van der Waals surface area contributed by atoms with Crippen LogP contribution in [0.4, 0.5) is 17.1 Å². The van der Waals surface area contributed by atoms with Crippen LogP contribution >= 0.6 is 0 Å². The first-order valence-corrected chi connectivity index (χ1v) is 6.63. The molecule has 1 aromatic heterocycles. The van der Waals surface area contributed by atoms with Gasteiger partial charge in [0.1, 0.15) is 11.5 Å². The van der Waals surface area contributed by atoms with E-state index in [1.54, 1.807) is 14.1 Å². The van der Waals surface area contributed by atoms with Gasteiger partial charge in [0, 0.05) is 14.1 Å². The number of nitro groups is 3. The minimum atomic E-state index is -0.943. The summed E-state index contributed by atoms with van der Waals surface area (Å²) in [5.41, 5.74) is -2.81. The van der Waals surface area contributed by atoms with Gasteiger partial charge in [0.15, 0.2) is 5.56 Å². The fourth-order valence-corrected chi connectivity index (χ4v) is 1.97. The van der Waals surface area contributed by atoms with Crippen molar-refractivity contribution in [3.05, 3.63) is 60.4 Å². The molecule has 0 spiro atoms. The van der Waals surface area contributed by atoms with Crippen molar-refractivity contribution in [1.29, 1.82) is 0 Å². The summed E-state index contributed by atoms with van der Waals surface area (Å²) in [7, 11) is 3.32. The molecule has 0 amide bonds. The number of hydrogen-bond acceptors (Lipinski definition) is 9. The Morgan fingerprint density at radius 2 is 1.56 bits per heavy atom. The first kappa shape index (κ1) is 17.5. The third-order valence-electron chi connectivity index (χ3n) is 2.97. The molecule has 2 aromatic rings. The van der Waals surface area contributed by atoms with Crippen LogP contribution in [-0.2, 0) is 0 Å². The monoisotopic (exact) mass is 349 g/mol. The number of furan rings is 1. The van der Waals surface area contributed by atoms with Gasteiger partial charge in [-0.25, -0.2) is 0 Å². The predicted molar refractivity (Wildman–Crippen MR) is 85.4 cm³/mol. The molecule has 0 N–H and O–H groups in total. The van der Waals surface area contributed by atoms with Gasteiger partial charge >= 0.3 is 0 Å². The molecule has 0 radical (unpaired) electrons. The number of nitrogens with zero attached hydrogens (tertiary/aromatic N) is 5. The molecule has 0 saturated heterocycles. The smallest absolute Gasteiger partial charge is 0.294 e. The van der Waals surface area contributed by atoms with Crippen LogP contribution in [0, 0.1) is 30.3 Å². The second kappa shape index (κ2) is 6.74. The zero-order valence-electron chi connectivity index (χ0n) is 13.0. The molecule has 2 rings (SSSR count). The molecular formula is C13H11N5O7. The van der Waals surface area contributed by atoms with Gasteiger partial charge in [-0.3, -0.25) is 30.3 Å². The zero-order valence-corrected chi connectivity index (χ0v) is 13.0. The minimum absolute atomic E-state index is 0.173. The highest BCUT2D eigenvalue weighted by atomic mass is 16.6. The van der Waals surface area contributed by atoms with Crippen molar-refractivity contribution >= 4 is 23.3 Å². The fraction of sp³-hybridized carbons (Fsp3) is 0.154. The number of hydrazone groups is 1. The number of non-ortho nitro benzene ring substituents is 1. The molecule has 1 heterocycles. The summed E-state index contributed by atoms with van der Waals surface area (Å²) >= 11 is 0. The highest BCUT2D eigenvalue weighted by molar-refractivity contribution is 5.84. The molecule has 12 heteroatoms. The van der Waals surface area contributed by atoms with Crippen LogP contribution in [0.3, 0.4) is 0 Å². The Hall–Kier alpha value is -3.83. The maximum atomic E-state index is 11.3. The Labute approximate surface area is 139 Å². The van der Waals surface area contributed by atoms with Crippen LogP contribution in [0.5, 0.6) is 0 Å².